The van der Waals surface area contributed by atoms with Crippen LogP contribution in [0.5, 0.6) is 11.5 Å². The predicted molar refractivity (Wildman–Crippen MR) is 244 cm³/mol. The molecule has 13 heteroatoms. The Bertz CT molecular complexity index is 2540. The van der Waals surface area contributed by atoms with E-state index in [9.17, 15) is 13.2 Å². The van der Waals surface area contributed by atoms with Gasteiger partial charge in [0.25, 0.3) is 15.9 Å². The third-order valence-corrected chi connectivity index (χ3v) is 14.0. The Labute approximate surface area is 364 Å². The van der Waals surface area contributed by atoms with Crippen LogP contribution in [0.3, 0.4) is 0 Å². The minimum Gasteiger partial charge on any atom is -0.455 e. The van der Waals surface area contributed by atoms with E-state index in [2.05, 4.69) is 69.6 Å². The van der Waals surface area contributed by atoms with Crippen molar-refractivity contribution in [3.8, 4) is 11.5 Å². The van der Waals surface area contributed by atoms with E-state index in [-0.39, 0.29) is 27.2 Å². The first kappa shape index (κ1) is 42.8. The number of H-pyrrole nitrogens is 1. The highest BCUT2D eigenvalue weighted by atomic mass is 35.5. The molecule has 1 atom stereocenters. The van der Waals surface area contributed by atoms with E-state index >= 15 is 0 Å². The van der Waals surface area contributed by atoms with Gasteiger partial charge in [0.05, 0.1) is 22.3 Å². The van der Waals surface area contributed by atoms with Crippen molar-refractivity contribution in [3.63, 3.8) is 0 Å². The van der Waals surface area contributed by atoms with E-state index in [1.807, 2.05) is 43.3 Å². The highest BCUT2D eigenvalue weighted by molar-refractivity contribution is 7.90. The molecule has 11 nitrogen and oxygen atoms in total. The Morgan fingerprint density at radius 2 is 1.79 bits per heavy atom. The number of nitrogens with one attached hydrogen (secondary N) is 3. The summed E-state index contributed by atoms with van der Waals surface area (Å²) in [7, 11) is -4.23. The zero-order valence-electron chi connectivity index (χ0n) is 35.8. The molecule has 2 aromatic heterocycles. The van der Waals surface area contributed by atoms with Crippen molar-refractivity contribution >= 4 is 55.5 Å². The number of aryl methyl sites for hydroxylation is 1. The lowest BCUT2D eigenvalue weighted by Gasteiger charge is -2.39. The average Bonchev–Trinajstić information content (AvgIpc) is 3.69. The summed E-state index contributed by atoms with van der Waals surface area (Å²) in [4.78, 5) is 26.3. The third kappa shape index (κ3) is 10.3. The summed E-state index contributed by atoms with van der Waals surface area (Å²) < 4.78 is 42.0. The van der Waals surface area contributed by atoms with Gasteiger partial charge in [-0.25, -0.2) is 18.1 Å². The van der Waals surface area contributed by atoms with Crippen molar-refractivity contribution in [1.29, 1.82) is 0 Å². The SMILES string of the molecule is Cc1cc(S(=O)(=O)NC(=O)c2ccc(N3CCN(CC4=C(c5ccc(Cl)cc5)CC(C)(C)CC4)CC3)cc2Oc2cnc3[nH]ccc3c2)ccc1NC[C@@H]1CCOC(C)(C)C1. The van der Waals surface area contributed by atoms with Gasteiger partial charge in [0, 0.05) is 79.9 Å². The molecule has 2 fully saturated rings. The standard InChI is InChI=1S/C48H57ClN6O5S/c1-32-24-40(11-13-43(32)51-29-33-16-23-59-48(4,5)27-33)61(57,58)53-46(56)41-12-10-38(26-44(41)60-39-25-35-15-18-50-45(35)52-30-39)55-21-19-54(20-22-55)31-36-14-17-47(2,3)28-42(36)34-6-8-37(49)9-7-34/h6-13,15,18,24-26,30,33,51H,14,16-17,19-23,27-29,31H2,1-5H3,(H,50,52)(H,53,56)/t33-/m1/s1. The van der Waals surface area contributed by atoms with Gasteiger partial charge in [-0.1, -0.05) is 43.2 Å². The molecule has 3 aliphatic rings. The number of nitrogens with zero attached hydrogens (tertiary/aromatic N) is 3. The average molecular weight is 866 g/mol. The number of anilines is 2. The number of carbonyl (C=O) groups is 1. The van der Waals surface area contributed by atoms with Gasteiger partial charge in [0.15, 0.2) is 0 Å². The minimum atomic E-state index is -4.23. The first-order chi connectivity index (χ1) is 29.1. The molecule has 0 unspecified atom stereocenters. The number of rotatable bonds is 12. The maximum atomic E-state index is 14.0. The first-order valence-corrected chi connectivity index (χ1v) is 23.2. The maximum Gasteiger partial charge on any atom is 0.268 e. The maximum absolute atomic E-state index is 14.0. The quantitative estimate of drug-likeness (QED) is 0.112. The molecule has 3 N–H and O–H groups in total. The lowest BCUT2D eigenvalue weighted by molar-refractivity contribution is -0.0699. The third-order valence-electron chi connectivity index (χ3n) is 12.5. The lowest BCUT2D eigenvalue weighted by atomic mass is 9.72. The van der Waals surface area contributed by atoms with Gasteiger partial charge < -0.3 is 24.7 Å². The number of pyridine rings is 1. The smallest absolute Gasteiger partial charge is 0.268 e. The van der Waals surface area contributed by atoms with Crippen molar-refractivity contribution in [1.82, 2.24) is 19.6 Å². The molecule has 5 aromatic rings. The fraction of sp³-hybridized carbons (Fsp3) is 0.417. The molecule has 0 saturated carbocycles. The zero-order chi connectivity index (χ0) is 42.9. The molecular weight excluding hydrogens is 808 g/mol. The van der Waals surface area contributed by atoms with Gasteiger partial charge in [-0.05, 0) is 136 Å². The number of aromatic amines is 1. The molecule has 1 aliphatic carbocycles. The van der Waals surface area contributed by atoms with Crippen molar-refractivity contribution in [2.45, 2.75) is 77.2 Å². The topological polar surface area (TPSA) is 129 Å². The van der Waals surface area contributed by atoms with Crippen LogP contribution in [0.2, 0.25) is 5.02 Å². The Kier molecular flexibility index (Phi) is 12.3. The number of piperazine rings is 1. The highest BCUT2D eigenvalue weighted by Gasteiger charge is 2.31. The van der Waals surface area contributed by atoms with E-state index in [4.69, 9.17) is 21.1 Å². The number of aromatic nitrogens is 2. The molecule has 61 heavy (non-hydrogen) atoms. The Morgan fingerprint density at radius 3 is 2.54 bits per heavy atom. The van der Waals surface area contributed by atoms with E-state index in [1.54, 1.807) is 30.6 Å². The second kappa shape index (κ2) is 17.5. The van der Waals surface area contributed by atoms with Crippen LogP contribution in [-0.2, 0) is 14.8 Å². The van der Waals surface area contributed by atoms with Crippen LogP contribution in [-0.4, -0.2) is 80.7 Å². The molecule has 0 bridgehead atoms. The van der Waals surface area contributed by atoms with Gasteiger partial charge in [-0.15, -0.1) is 0 Å². The van der Waals surface area contributed by atoms with E-state index in [1.165, 1.54) is 22.8 Å². The summed E-state index contributed by atoms with van der Waals surface area (Å²) in [6.07, 6.45) is 8.58. The van der Waals surface area contributed by atoms with E-state index in [0.29, 0.717) is 17.3 Å². The molecule has 0 spiro atoms. The van der Waals surface area contributed by atoms with Crippen LogP contribution in [0.1, 0.15) is 81.3 Å². The highest BCUT2D eigenvalue weighted by Crippen LogP contribution is 2.43. The van der Waals surface area contributed by atoms with Gasteiger partial charge in [-0.2, -0.15) is 0 Å². The normalized spacial score (nSPS) is 19.5. The van der Waals surface area contributed by atoms with Crippen molar-refractivity contribution < 1.29 is 22.7 Å². The van der Waals surface area contributed by atoms with Crippen LogP contribution in [0.15, 0.2) is 95.7 Å². The van der Waals surface area contributed by atoms with Crippen molar-refractivity contribution in [2.75, 3.05) is 56.1 Å². The monoisotopic (exact) mass is 864 g/mol. The van der Waals surface area contributed by atoms with Crippen LogP contribution < -0.4 is 19.7 Å². The van der Waals surface area contributed by atoms with E-state index in [0.717, 1.165) is 105 Å². The molecule has 1 amide bonds. The number of allylic oxidation sites excluding steroid dienone is 1. The molecule has 0 radical (unpaired) electrons. The molecule has 4 heterocycles. The van der Waals surface area contributed by atoms with E-state index < -0.39 is 15.9 Å². The Hall–Kier alpha value is -4.88. The zero-order valence-corrected chi connectivity index (χ0v) is 37.4. The second-order valence-electron chi connectivity index (χ2n) is 18.3. The summed E-state index contributed by atoms with van der Waals surface area (Å²) in [5.41, 5.74) is 7.60. The molecule has 2 saturated heterocycles. The lowest BCUT2D eigenvalue weighted by Crippen LogP contribution is -2.47. The summed E-state index contributed by atoms with van der Waals surface area (Å²) >= 11 is 6.25. The number of hydrogen-bond donors (Lipinski definition) is 3. The number of ether oxygens (including phenoxy) is 2. The number of sulfonamides is 1. The molecule has 322 valence electrons. The fourth-order valence-electron chi connectivity index (χ4n) is 9.00. The largest absolute Gasteiger partial charge is 0.455 e. The Balaban J connectivity index is 0.979. The first-order valence-electron chi connectivity index (χ1n) is 21.3. The molecule has 2 aliphatic heterocycles. The number of fused-ring (bicyclic) bond motifs is 1. The Morgan fingerprint density at radius 1 is 1.00 bits per heavy atom. The molecule has 3 aromatic carbocycles. The summed E-state index contributed by atoms with van der Waals surface area (Å²) in [5, 5.41) is 5.09. The number of halogens is 1. The molecular formula is C48H57ClN6O5S. The van der Waals surface area contributed by atoms with Gasteiger partial charge in [0.2, 0.25) is 0 Å². The van der Waals surface area contributed by atoms with Crippen LogP contribution >= 0.6 is 11.6 Å². The van der Waals surface area contributed by atoms with Crippen LogP contribution in [0.4, 0.5) is 11.4 Å². The molecule has 8 rings (SSSR count). The minimum absolute atomic E-state index is 0.00292. The van der Waals surface area contributed by atoms with Gasteiger partial charge in [-0.3, -0.25) is 9.69 Å². The van der Waals surface area contributed by atoms with Crippen LogP contribution in [0, 0.1) is 18.3 Å². The van der Waals surface area contributed by atoms with Gasteiger partial charge >= 0.3 is 0 Å². The fourth-order valence-corrected chi connectivity index (χ4v) is 10.2. The summed E-state index contributed by atoms with van der Waals surface area (Å²) in [6.45, 7) is 16.5. The number of carbonyl (C=O) groups excluding carboxylic acids is 1. The van der Waals surface area contributed by atoms with Gasteiger partial charge in [0.1, 0.15) is 17.1 Å². The number of amides is 1. The number of benzene rings is 3. The summed E-state index contributed by atoms with van der Waals surface area (Å²) in [6, 6.07) is 22.2. The van der Waals surface area contributed by atoms with Crippen molar-refractivity contribution in [2.24, 2.45) is 11.3 Å². The second-order valence-corrected chi connectivity index (χ2v) is 20.4. The van der Waals surface area contributed by atoms with Crippen molar-refractivity contribution in [3.05, 3.63) is 112 Å². The predicted octanol–water partition coefficient (Wildman–Crippen LogP) is 9.84. The number of hydrogen-bond acceptors (Lipinski definition) is 9. The van der Waals surface area contributed by atoms with Crippen LogP contribution in [0.25, 0.3) is 16.6 Å². The summed E-state index contributed by atoms with van der Waals surface area (Å²) in [5.74, 6) is 0.323.